The molecule has 0 aliphatic carbocycles. The van der Waals surface area contributed by atoms with Gasteiger partial charge in [-0.2, -0.15) is 5.10 Å². The van der Waals surface area contributed by atoms with Gasteiger partial charge in [-0.1, -0.05) is 6.92 Å². The van der Waals surface area contributed by atoms with Crippen LogP contribution in [0, 0.1) is 0 Å². The Bertz CT molecular complexity index is 733. The first kappa shape index (κ1) is 15.7. The monoisotopic (exact) mass is 329 g/mol. The zero-order valence-electron chi connectivity index (χ0n) is 11.3. The van der Waals surface area contributed by atoms with Crippen LogP contribution in [0.15, 0.2) is 28.7 Å². The number of nitrogens with one attached hydrogen (secondary N) is 1. The summed E-state index contributed by atoms with van der Waals surface area (Å²) in [6.45, 7) is 1.85. The molecule has 0 fully saturated rings. The van der Waals surface area contributed by atoms with Crippen molar-refractivity contribution in [3.8, 4) is 0 Å². The van der Waals surface area contributed by atoms with E-state index in [1.54, 1.807) is 0 Å². The quantitative estimate of drug-likeness (QED) is 0.791. The highest BCUT2D eigenvalue weighted by molar-refractivity contribution is 7.89. The molecule has 0 aliphatic heterocycles. The highest BCUT2D eigenvalue weighted by Gasteiger charge is 2.17. The minimum absolute atomic E-state index is 0.0432. The molecule has 2 aromatic heterocycles. The number of hydrogen-bond acceptors (Lipinski definition) is 5. The van der Waals surface area contributed by atoms with Gasteiger partial charge in [0.1, 0.15) is 11.4 Å². The number of thiophene rings is 1. The molecule has 0 radical (unpaired) electrons. The summed E-state index contributed by atoms with van der Waals surface area (Å²) in [5.74, 6) is -1.08. The maximum atomic E-state index is 12.1. The Morgan fingerprint density at radius 1 is 1.52 bits per heavy atom. The lowest BCUT2D eigenvalue weighted by atomic mass is 10.2. The van der Waals surface area contributed by atoms with Crippen molar-refractivity contribution in [3.05, 3.63) is 34.3 Å². The van der Waals surface area contributed by atoms with Crippen molar-refractivity contribution in [1.29, 1.82) is 0 Å². The molecular weight excluding hydrogens is 314 g/mol. The summed E-state index contributed by atoms with van der Waals surface area (Å²) >= 11 is 1.50. The van der Waals surface area contributed by atoms with E-state index >= 15 is 0 Å². The van der Waals surface area contributed by atoms with Crippen LogP contribution in [-0.2, 0) is 34.3 Å². The average Bonchev–Trinajstić information content (AvgIpc) is 3.04. The van der Waals surface area contributed by atoms with E-state index in [-0.39, 0.29) is 18.0 Å². The van der Waals surface area contributed by atoms with Crippen molar-refractivity contribution >= 4 is 27.3 Å². The molecule has 21 heavy (non-hydrogen) atoms. The lowest BCUT2D eigenvalue weighted by molar-refractivity contribution is -0.137. The molecular formula is C12H15N3O4S2. The van der Waals surface area contributed by atoms with Crippen molar-refractivity contribution < 1.29 is 18.3 Å². The number of sulfonamides is 1. The SMILES string of the molecule is CCc1ccsc1CNS(=O)(=O)c1cnn(CC(=O)O)c1. The van der Waals surface area contributed by atoms with E-state index in [0.29, 0.717) is 0 Å². The van der Waals surface area contributed by atoms with Crippen molar-refractivity contribution in [2.45, 2.75) is 31.3 Å². The molecule has 0 aliphatic rings. The zero-order chi connectivity index (χ0) is 15.5. The van der Waals surface area contributed by atoms with Gasteiger partial charge in [-0.3, -0.25) is 9.48 Å². The van der Waals surface area contributed by atoms with E-state index in [4.69, 9.17) is 5.11 Å². The maximum Gasteiger partial charge on any atom is 0.325 e. The number of aromatic nitrogens is 2. The largest absolute Gasteiger partial charge is 0.480 e. The fourth-order valence-corrected chi connectivity index (χ4v) is 3.74. The Kier molecular flexibility index (Phi) is 4.76. The molecule has 2 rings (SSSR count). The molecule has 0 saturated heterocycles. The topological polar surface area (TPSA) is 101 Å². The van der Waals surface area contributed by atoms with Gasteiger partial charge in [0.15, 0.2) is 0 Å². The van der Waals surface area contributed by atoms with Crippen LogP contribution in [0.1, 0.15) is 17.4 Å². The number of carboxylic acids is 1. The summed E-state index contributed by atoms with van der Waals surface area (Å²) in [7, 11) is -3.70. The Balaban J connectivity index is 2.08. The lowest BCUT2D eigenvalue weighted by Gasteiger charge is -2.04. The molecule has 9 heteroatoms. The van der Waals surface area contributed by atoms with Crippen molar-refractivity contribution in [2.75, 3.05) is 0 Å². The fraction of sp³-hybridized carbons (Fsp3) is 0.333. The second-order valence-corrected chi connectivity index (χ2v) is 7.08. The van der Waals surface area contributed by atoms with E-state index in [9.17, 15) is 13.2 Å². The Morgan fingerprint density at radius 3 is 2.95 bits per heavy atom. The van der Waals surface area contributed by atoms with Gasteiger partial charge in [0.25, 0.3) is 0 Å². The lowest BCUT2D eigenvalue weighted by Crippen LogP contribution is -2.23. The molecule has 2 N–H and O–H groups in total. The summed E-state index contributed by atoms with van der Waals surface area (Å²) in [6, 6.07) is 1.97. The normalized spacial score (nSPS) is 11.7. The van der Waals surface area contributed by atoms with Crippen LogP contribution in [0.3, 0.4) is 0 Å². The van der Waals surface area contributed by atoms with Crippen LogP contribution >= 0.6 is 11.3 Å². The van der Waals surface area contributed by atoms with Gasteiger partial charge in [-0.15, -0.1) is 11.3 Å². The minimum atomic E-state index is -3.70. The first-order chi connectivity index (χ1) is 9.92. The summed E-state index contributed by atoms with van der Waals surface area (Å²) in [4.78, 5) is 11.5. The molecule has 0 aromatic carbocycles. The third kappa shape index (κ3) is 3.90. The average molecular weight is 329 g/mol. The maximum absolute atomic E-state index is 12.1. The van der Waals surface area contributed by atoms with Gasteiger partial charge < -0.3 is 5.11 Å². The first-order valence-corrected chi connectivity index (χ1v) is 8.58. The number of carbonyl (C=O) groups is 1. The number of carboxylic acid groups (broad SMARTS) is 1. The Hall–Kier alpha value is -1.71. The summed E-state index contributed by atoms with van der Waals surface area (Å²) in [5.41, 5.74) is 1.12. The van der Waals surface area contributed by atoms with Crippen LogP contribution in [-0.4, -0.2) is 29.3 Å². The molecule has 0 atom stereocenters. The molecule has 2 heterocycles. The molecule has 0 unspecified atom stereocenters. The van der Waals surface area contributed by atoms with Gasteiger partial charge in [-0.05, 0) is 23.4 Å². The molecule has 0 amide bonds. The number of aryl methyl sites for hydroxylation is 1. The number of nitrogens with zero attached hydrogens (tertiary/aromatic N) is 2. The van der Waals surface area contributed by atoms with Crippen LogP contribution in [0.2, 0.25) is 0 Å². The smallest absolute Gasteiger partial charge is 0.325 e. The van der Waals surface area contributed by atoms with E-state index in [1.807, 2.05) is 18.4 Å². The standard InChI is InChI=1S/C12H15N3O4S2/c1-2-9-3-4-20-11(9)6-14-21(18,19)10-5-13-15(7-10)8-12(16)17/h3-5,7,14H,2,6,8H2,1H3,(H,16,17). The van der Waals surface area contributed by atoms with Crippen molar-refractivity contribution in [2.24, 2.45) is 0 Å². The van der Waals surface area contributed by atoms with Gasteiger partial charge in [0.05, 0.1) is 6.20 Å². The van der Waals surface area contributed by atoms with E-state index in [0.717, 1.165) is 27.7 Å². The van der Waals surface area contributed by atoms with Crippen LogP contribution in [0.25, 0.3) is 0 Å². The third-order valence-corrected chi connectivity index (χ3v) is 5.18. The van der Waals surface area contributed by atoms with Crippen LogP contribution in [0.5, 0.6) is 0 Å². The number of rotatable bonds is 7. The predicted octanol–water partition coefficient (Wildman–Crippen LogP) is 1.07. The third-order valence-electron chi connectivity index (χ3n) is 2.86. The summed E-state index contributed by atoms with van der Waals surface area (Å²) in [5, 5.41) is 14.3. The zero-order valence-corrected chi connectivity index (χ0v) is 12.9. The van der Waals surface area contributed by atoms with E-state index in [1.165, 1.54) is 17.5 Å². The minimum Gasteiger partial charge on any atom is -0.480 e. The Labute approximate surface area is 126 Å². The second-order valence-electron chi connectivity index (χ2n) is 4.31. The van der Waals surface area contributed by atoms with Gasteiger partial charge in [0, 0.05) is 17.6 Å². The van der Waals surface area contributed by atoms with Gasteiger partial charge in [0.2, 0.25) is 10.0 Å². The fourth-order valence-electron chi connectivity index (χ4n) is 1.79. The summed E-state index contributed by atoms with van der Waals surface area (Å²) in [6.07, 6.45) is 3.18. The van der Waals surface area contributed by atoms with E-state index < -0.39 is 16.0 Å². The number of hydrogen-bond donors (Lipinski definition) is 2. The van der Waals surface area contributed by atoms with Crippen LogP contribution in [0.4, 0.5) is 0 Å². The highest BCUT2D eigenvalue weighted by atomic mass is 32.2. The predicted molar refractivity (Wildman–Crippen MR) is 77.6 cm³/mol. The van der Waals surface area contributed by atoms with Gasteiger partial charge in [-0.25, -0.2) is 13.1 Å². The molecule has 2 aromatic rings. The molecule has 114 valence electrons. The molecule has 0 spiro atoms. The molecule has 0 saturated carbocycles. The van der Waals surface area contributed by atoms with E-state index in [2.05, 4.69) is 9.82 Å². The summed E-state index contributed by atoms with van der Waals surface area (Å²) < 4.78 is 27.8. The second kappa shape index (κ2) is 6.37. The van der Waals surface area contributed by atoms with Gasteiger partial charge >= 0.3 is 5.97 Å². The highest BCUT2D eigenvalue weighted by Crippen LogP contribution is 2.18. The van der Waals surface area contributed by atoms with Crippen molar-refractivity contribution in [3.63, 3.8) is 0 Å². The number of aliphatic carboxylic acids is 1. The Morgan fingerprint density at radius 2 is 2.29 bits per heavy atom. The molecule has 0 bridgehead atoms. The van der Waals surface area contributed by atoms with Crippen LogP contribution < -0.4 is 4.72 Å². The molecule has 7 nitrogen and oxygen atoms in total. The van der Waals surface area contributed by atoms with Crippen molar-refractivity contribution in [1.82, 2.24) is 14.5 Å². The first-order valence-electron chi connectivity index (χ1n) is 6.21.